The van der Waals surface area contributed by atoms with E-state index in [0.717, 1.165) is 0 Å². The molecule has 0 fully saturated rings. The van der Waals surface area contributed by atoms with Crippen LogP contribution in [0.1, 0.15) is 20.8 Å². The van der Waals surface area contributed by atoms with E-state index < -0.39 is 0 Å². The Balaban J connectivity index is -0.0000000436. The molecule has 80 valence electrons. The summed E-state index contributed by atoms with van der Waals surface area (Å²) < 4.78 is 0. The third kappa shape index (κ3) is 30.3. The molecule has 0 atom stereocenters. The Hall–Kier alpha value is 1.18. The average molecular weight is 360 g/mol. The molecule has 12 heavy (non-hydrogen) atoms. The molecule has 0 bridgehead atoms. The van der Waals surface area contributed by atoms with Crippen molar-refractivity contribution in [3.8, 4) is 0 Å². The van der Waals surface area contributed by atoms with Crippen LogP contribution in [0, 0.1) is 43.2 Å². The molecule has 0 heterocycles. The van der Waals surface area contributed by atoms with E-state index in [-0.39, 0.29) is 62.1 Å². The quantitative estimate of drug-likeness (QED) is 0.434. The monoisotopic (exact) mass is 358 g/mol. The Morgan fingerprint density at radius 3 is 1.25 bits per heavy atom. The molecule has 0 aliphatic carbocycles. The summed E-state index contributed by atoms with van der Waals surface area (Å²) in [6, 6.07) is 10.0. The van der Waals surface area contributed by atoms with E-state index in [4.69, 9.17) is 0 Å². The van der Waals surface area contributed by atoms with Gasteiger partial charge >= 0.3 is 0 Å². The van der Waals surface area contributed by atoms with Crippen LogP contribution in [-0.4, -0.2) is 0 Å². The summed E-state index contributed by atoms with van der Waals surface area (Å²) in [5.74, 6) is 1.42. The first kappa shape index (κ1) is 23.2. The standard InChI is InChI=1S/C5H5.C4H9.2ClH.Er/c1-2-4-5-3-1;1-4(2)3;;;/h1-5H;1-3H3;2*1H;/q2*-1;;;/p-2. The van der Waals surface area contributed by atoms with Gasteiger partial charge in [-0.25, -0.2) is 12.1 Å². The predicted octanol–water partition coefficient (Wildman–Crippen LogP) is -2.97. The molecule has 0 saturated carbocycles. The van der Waals surface area contributed by atoms with Gasteiger partial charge in [-0.3, -0.25) is 0 Å². The second kappa shape index (κ2) is 18.1. The Bertz CT molecular complexity index is 96.1. The fourth-order valence-corrected chi connectivity index (χ4v) is 0.321. The zero-order valence-corrected chi connectivity index (χ0v) is 10.8. The third-order valence-corrected chi connectivity index (χ3v) is 0.556. The van der Waals surface area contributed by atoms with Crippen LogP contribution in [0.2, 0.25) is 0 Å². The number of hydrogen-bond donors (Lipinski definition) is 0. The molecule has 0 saturated heterocycles. The van der Waals surface area contributed by atoms with Crippen molar-refractivity contribution >= 4 is 0 Å². The predicted molar refractivity (Wildman–Crippen MR) is 42.3 cm³/mol. The molecule has 0 aliphatic rings. The van der Waals surface area contributed by atoms with E-state index >= 15 is 0 Å². The first-order valence-electron chi connectivity index (χ1n) is 3.17. The molecule has 1 aromatic rings. The Labute approximate surface area is 118 Å². The van der Waals surface area contributed by atoms with Gasteiger partial charge in [0.1, 0.15) is 0 Å². The first-order chi connectivity index (χ1) is 4.23. The number of rotatable bonds is 0. The van der Waals surface area contributed by atoms with Crippen molar-refractivity contribution in [2.45, 2.75) is 20.8 Å². The SMILES string of the molecule is C[C-](C)C.[Cl-].[Cl-].[Er].c1cc[cH-]c1. The van der Waals surface area contributed by atoms with E-state index in [9.17, 15) is 0 Å². The largest absolute Gasteiger partial charge is 1.00 e. The van der Waals surface area contributed by atoms with E-state index in [1.54, 1.807) is 0 Å². The summed E-state index contributed by atoms with van der Waals surface area (Å²) in [6.07, 6.45) is 0. The first-order valence-corrected chi connectivity index (χ1v) is 3.17. The Morgan fingerprint density at radius 1 is 0.917 bits per heavy atom. The van der Waals surface area contributed by atoms with E-state index in [2.05, 4.69) is 20.8 Å². The Kier molecular flexibility index (Phi) is 34.9. The fraction of sp³-hybridized carbons (Fsp3) is 0.333. The van der Waals surface area contributed by atoms with Crippen molar-refractivity contribution in [1.82, 2.24) is 0 Å². The van der Waals surface area contributed by atoms with Crippen LogP contribution >= 0.6 is 0 Å². The molecule has 0 nitrogen and oxygen atoms in total. The fourth-order valence-electron chi connectivity index (χ4n) is 0.321. The van der Waals surface area contributed by atoms with Gasteiger partial charge in [0.15, 0.2) is 0 Å². The maximum atomic E-state index is 2.08. The minimum absolute atomic E-state index is 0. The van der Waals surface area contributed by atoms with Gasteiger partial charge in [0, 0.05) is 37.3 Å². The maximum absolute atomic E-state index is 2.08. The van der Waals surface area contributed by atoms with E-state index in [1.165, 1.54) is 5.92 Å². The molecule has 1 aromatic carbocycles. The van der Waals surface area contributed by atoms with Crippen LogP contribution in [0.15, 0.2) is 30.3 Å². The third-order valence-electron chi connectivity index (χ3n) is 0.556. The zero-order valence-electron chi connectivity index (χ0n) is 7.43. The van der Waals surface area contributed by atoms with Crippen molar-refractivity contribution in [3.63, 3.8) is 0 Å². The van der Waals surface area contributed by atoms with Crippen molar-refractivity contribution < 1.29 is 62.1 Å². The van der Waals surface area contributed by atoms with E-state index in [1.807, 2.05) is 30.3 Å². The van der Waals surface area contributed by atoms with Gasteiger partial charge in [0.05, 0.1) is 0 Å². The second-order valence-electron chi connectivity index (χ2n) is 2.46. The molecule has 3 heteroatoms. The van der Waals surface area contributed by atoms with Gasteiger partial charge in [-0.1, -0.05) is 0 Å². The van der Waals surface area contributed by atoms with Gasteiger partial charge in [-0.2, -0.15) is 39.0 Å². The number of hydrogen-bond acceptors (Lipinski definition) is 0. The van der Waals surface area contributed by atoms with Crippen LogP contribution < -0.4 is 24.8 Å². The smallest absolute Gasteiger partial charge is 0 e. The van der Waals surface area contributed by atoms with Crippen LogP contribution in [-0.2, 0) is 0 Å². The molecule has 1 rings (SSSR count). The van der Waals surface area contributed by atoms with Crippen molar-refractivity contribution in [2.75, 3.05) is 0 Å². The second-order valence-corrected chi connectivity index (χ2v) is 2.46. The van der Waals surface area contributed by atoms with Gasteiger partial charge < -0.3 is 30.7 Å². The van der Waals surface area contributed by atoms with Gasteiger partial charge in [0.25, 0.3) is 0 Å². The molecule has 0 N–H and O–H groups in total. The minimum atomic E-state index is 0. The van der Waals surface area contributed by atoms with Crippen LogP contribution in [0.5, 0.6) is 0 Å². The minimum Gasteiger partial charge on any atom is -1.00 e. The summed E-state index contributed by atoms with van der Waals surface area (Å²) in [7, 11) is 0. The van der Waals surface area contributed by atoms with Gasteiger partial charge in [0.2, 0.25) is 0 Å². The van der Waals surface area contributed by atoms with Crippen LogP contribution in [0.25, 0.3) is 0 Å². The molecule has 0 amide bonds. The van der Waals surface area contributed by atoms with Crippen molar-refractivity contribution in [3.05, 3.63) is 36.2 Å². The maximum Gasteiger partial charge on any atom is 0 e. The van der Waals surface area contributed by atoms with E-state index in [0.29, 0.717) is 0 Å². The normalized spacial score (nSPS) is 6.33. The van der Waals surface area contributed by atoms with Crippen LogP contribution in [0.3, 0.4) is 0 Å². The summed E-state index contributed by atoms with van der Waals surface area (Å²) in [4.78, 5) is 0. The molecule has 0 aliphatic heterocycles. The Morgan fingerprint density at radius 2 is 1.17 bits per heavy atom. The molecule has 0 aromatic heterocycles. The topological polar surface area (TPSA) is 0 Å². The number of halogens is 2. The van der Waals surface area contributed by atoms with Gasteiger partial charge in [-0.05, 0) is 0 Å². The molecule has 0 spiro atoms. The summed E-state index contributed by atoms with van der Waals surface area (Å²) in [6.45, 7) is 6.25. The van der Waals surface area contributed by atoms with Crippen LogP contribution in [0.4, 0.5) is 0 Å². The molecular weight excluding hydrogens is 346 g/mol. The zero-order chi connectivity index (χ0) is 7.11. The van der Waals surface area contributed by atoms with Crippen molar-refractivity contribution in [2.24, 2.45) is 0 Å². The molecule has 0 radical (unpaired) electrons. The van der Waals surface area contributed by atoms with Gasteiger partial charge in [-0.15, -0.1) is 0 Å². The average Bonchev–Trinajstić information content (AvgIpc) is 2.11. The summed E-state index contributed by atoms with van der Waals surface area (Å²) >= 11 is 0. The summed E-state index contributed by atoms with van der Waals surface area (Å²) in [5, 5.41) is 0. The summed E-state index contributed by atoms with van der Waals surface area (Å²) in [5.41, 5.74) is 0. The molecule has 0 unspecified atom stereocenters. The van der Waals surface area contributed by atoms with Crippen molar-refractivity contribution in [1.29, 1.82) is 0 Å². The molecular formula is C9H14Cl2Er-4.